The average molecular weight is 755 g/mol. The molecule has 0 unspecified atom stereocenters. The number of hydrogen-bond acceptors (Lipinski definition) is 6. The van der Waals surface area contributed by atoms with E-state index in [4.69, 9.17) is 4.42 Å². The van der Waals surface area contributed by atoms with Gasteiger partial charge in [-0.3, -0.25) is 9.69 Å². The van der Waals surface area contributed by atoms with E-state index in [1.165, 1.54) is 12.1 Å². The second-order valence-corrected chi connectivity index (χ2v) is 17.4. The number of nitriles is 1. The highest BCUT2D eigenvalue weighted by molar-refractivity contribution is 7.97. The standard InChI is InChI=1S/C42H42F3N4O4P/c1-5-6-22-34(38(50)35(28-46)54(31-16-10-7-11-17-31,32-18-12-8-13-19-32)33-20-14-9-15-21-33)49(40(51)52)36(41(2,3)4)27-37-47-48-39(53-37)29-23-25-30(26-24-29)42(43,44)45/h7-21,23-26,34,36H,5-6,22,27H2,1-4H3,(H,51,52)/t34-,36+/m0/s1. The van der Waals surface area contributed by atoms with Gasteiger partial charge in [0, 0.05) is 18.0 Å². The van der Waals surface area contributed by atoms with Gasteiger partial charge in [-0.1, -0.05) is 132 Å². The molecule has 0 saturated carbocycles. The Kier molecular flexibility index (Phi) is 12.3. The highest BCUT2D eigenvalue weighted by Gasteiger charge is 2.44. The first-order valence-electron chi connectivity index (χ1n) is 17.6. The van der Waals surface area contributed by atoms with Gasteiger partial charge in [0.05, 0.1) is 11.6 Å². The molecule has 2 atom stereocenters. The van der Waals surface area contributed by atoms with Crippen LogP contribution in [0.4, 0.5) is 18.0 Å². The summed E-state index contributed by atoms with van der Waals surface area (Å²) in [6, 6.07) is 32.8. The smallest absolute Gasteiger partial charge is 0.416 e. The lowest BCUT2D eigenvalue weighted by molar-refractivity contribution is -0.137. The van der Waals surface area contributed by atoms with Crippen LogP contribution in [0, 0.1) is 16.7 Å². The van der Waals surface area contributed by atoms with Crippen LogP contribution in [0.2, 0.25) is 0 Å². The van der Waals surface area contributed by atoms with Crippen molar-refractivity contribution in [1.29, 1.82) is 5.26 Å². The minimum absolute atomic E-state index is 0.0199. The number of aromatic nitrogens is 2. The molecular formula is C42H42F3N4O4P. The number of halogens is 3. The van der Waals surface area contributed by atoms with Gasteiger partial charge in [-0.2, -0.15) is 18.4 Å². The largest absolute Gasteiger partial charge is 0.465 e. The molecule has 1 heterocycles. The molecule has 1 N–H and O–H groups in total. The molecule has 8 nitrogen and oxygen atoms in total. The second-order valence-electron chi connectivity index (χ2n) is 14.0. The van der Waals surface area contributed by atoms with E-state index in [1.54, 1.807) is 0 Å². The summed E-state index contributed by atoms with van der Waals surface area (Å²) >= 11 is 0. The Bertz CT molecular complexity index is 2040. The average Bonchev–Trinajstić information content (AvgIpc) is 3.63. The summed E-state index contributed by atoms with van der Waals surface area (Å²) in [5.41, 5.74) is -1.36. The lowest BCUT2D eigenvalue weighted by Gasteiger charge is -2.42. The highest BCUT2D eigenvalue weighted by atomic mass is 31.2. The molecular weight excluding hydrogens is 712 g/mol. The van der Waals surface area contributed by atoms with E-state index in [1.807, 2.05) is 119 Å². The van der Waals surface area contributed by atoms with Crippen molar-refractivity contribution in [1.82, 2.24) is 15.1 Å². The zero-order chi connectivity index (χ0) is 39.1. The summed E-state index contributed by atoms with van der Waals surface area (Å²) in [7, 11) is 0. The van der Waals surface area contributed by atoms with Crippen molar-refractivity contribution in [2.24, 2.45) is 5.41 Å². The highest BCUT2D eigenvalue weighted by Crippen LogP contribution is 2.47. The molecule has 0 radical (unpaired) electrons. The first-order valence-corrected chi connectivity index (χ1v) is 19.4. The lowest BCUT2D eigenvalue weighted by atomic mass is 9.82. The Labute approximate surface area is 313 Å². The van der Waals surface area contributed by atoms with Gasteiger partial charge in [0.2, 0.25) is 11.8 Å². The lowest BCUT2D eigenvalue weighted by Crippen LogP contribution is -2.57. The third-order valence-electron chi connectivity index (χ3n) is 9.43. The second kappa shape index (κ2) is 16.7. The predicted molar refractivity (Wildman–Crippen MR) is 206 cm³/mol. The van der Waals surface area contributed by atoms with E-state index in [2.05, 4.69) is 16.3 Å². The fraction of sp³-hybridized carbons (Fsp3) is 0.286. The van der Waals surface area contributed by atoms with E-state index >= 15 is 4.79 Å². The normalized spacial score (nSPS) is 13.1. The SMILES string of the molecule is CCCC[C@@H](C(=O)C(C#N)=P(c1ccccc1)(c1ccccc1)c1ccccc1)N(C(=O)O)[C@H](Cc1nnc(-c2ccc(C(F)(F)F)cc2)o1)C(C)(C)C. The topological polar surface area (TPSA) is 120 Å². The zero-order valence-electron chi connectivity index (χ0n) is 30.5. The number of nitrogens with zero attached hydrogens (tertiary/aromatic N) is 4. The molecule has 0 aliphatic rings. The number of unbranched alkanes of at least 4 members (excludes halogenated alkanes) is 1. The summed E-state index contributed by atoms with van der Waals surface area (Å²) in [5.74, 6) is -0.569. The van der Waals surface area contributed by atoms with Crippen LogP contribution in [0.1, 0.15) is 58.4 Å². The molecule has 0 fully saturated rings. The maximum Gasteiger partial charge on any atom is 0.416 e. The number of ketones is 1. The summed E-state index contributed by atoms with van der Waals surface area (Å²) in [6.45, 7) is 4.28. The number of carboxylic acid groups (broad SMARTS) is 1. The minimum Gasteiger partial charge on any atom is -0.465 e. The quantitative estimate of drug-likeness (QED) is 0.120. The fourth-order valence-corrected chi connectivity index (χ4v) is 10.9. The van der Waals surface area contributed by atoms with Crippen LogP contribution >= 0.6 is 6.89 Å². The summed E-state index contributed by atoms with van der Waals surface area (Å²) < 4.78 is 45.4. The first kappa shape index (κ1) is 39.7. The van der Waals surface area contributed by atoms with Crippen molar-refractivity contribution in [3.63, 3.8) is 0 Å². The van der Waals surface area contributed by atoms with Crippen molar-refractivity contribution in [3.05, 3.63) is 127 Å². The third kappa shape index (κ3) is 8.35. The van der Waals surface area contributed by atoms with Crippen LogP contribution in [-0.4, -0.2) is 49.5 Å². The Hall–Kier alpha value is -5.46. The molecule has 12 heteroatoms. The van der Waals surface area contributed by atoms with Crippen LogP contribution in [0.3, 0.4) is 0 Å². The van der Waals surface area contributed by atoms with Gasteiger partial charge >= 0.3 is 12.3 Å². The van der Waals surface area contributed by atoms with Gasteiger partial charge in [-0.05, 0) is 58.9 Å². The van der Waals surface area contributed by atoms with E-state index in [0.29, 0.717) is 12.8 Å². The molecule has 0 aliphatic heterocycles. The Morgan fingerprint density at radius 1 is 0.833 bits per heavy atom. The molecule has 0 bridgehead atoms. The summed E-state index contributed by atoms with van der Waals surface area (Å²) in [5, 5.41) is 32.7. The van der Waals surface area contributed by atoms with Crippen LogP contribution in [0.25, 0.3) is 11.5 Å². The first-order chi connectivity index (χ1) is 25.7. The maximum absolute atomic E-state index is 15.4. The Morgan fingerprint density at radius 3 is 1.74 bits per heavy atom. The fourth-order valence-electron chi connectivity index (χ4n) is 6.76. The molecule has 0 aliphatic carbocycles. The molecule has 4 aromatic carbocycles. The van der Waals surface area contributed by atoms with Gasteiger partial charge in [-0.25, -0.2) is 4.79 Å². The Morgan fingerprint density at radius 2 is 1.33 bits per heavy atom. The van der Waals surface area contributed by atoms with Crippen LogP contribution in [-0.2, 0) is 17.4 Å². The van der Waals surface area contributed by atoms with Crippen LogP contribution in [0.5, 0.6) is 0 Å². The van der Waals surface area contributed by atoms with Gasteiger partial charge < -0.3 is 9.52 Å². The van der Waals surface area contributed by atoms with E-state index in [9.17, 15) is 28.3 Å². The summed E-state index contributed by atoms with van der Waals surface area (Å²) in [4.78, 5) is 30.1. The van der Waals surface area contributed by atoms with Gasteiger partial charge in [0.1, 0.15) is 11.4 Å². The molecule has 1 aromatic heterocycles. The monoisotopic (exact) mass is 754 g/mol. The zero-order valence-corrected chi connectivity index (χ0v) is 31.4. The minimum atomic E-state index is -4.52. The molecule has 54 heavy (non-hydrogen) atoms. The third-order valence-corrected chi connectivity index (χ3v) is 13.6. The van der Waals surface area contributed by atoms with Crippen LogP contribution < -0.4 is 15.9 Å². The predicted octanol–water partition coefficient (Wildman–Crippen LogP) is 8.51. The molecule has 0 saturated heterocycles. The maximum atomic E-state index is 15.4. The van der Waals surface area contributed by atoms with Crippen LogP contribution in [0.15, 0.2) is 120 Å². The van der Waals surface area contributed by atoms with Crippen molar-refractivity contribution >= 4 is 40.0 Å². The molecule has 5 rings (SSSR count). The van der Waals surface area contributed by atoms with Gasteiger partial charge in [-0.15, -0.1) is 10.2 Å². The van der Waals surface area contributed by atoms with Gasteiger partial charge in [0.15, 0.2) is 5.78 Å². The van der Waals surface area contributed by atoms with Crippen molar-refractivity contribution in [3.8, 4) is 17.5 Å². The number of carbonyl (C=O) groups is 2. The summed E-state index contributed by atoms with van der Waals surface area (Å²) in [6.07, 6.45) is -4.65. The van der Waals surface area contributed by atoms with Gasteiger partial charge in [0.25, 0.3) is 0 Å². The number of rotatable bonds is 13. The molecule has 5 aromatic rings. The number of alkyl halides is 3. The van der Waals surface area contributed by atoms with E-state index < -0.39 is 48.0 Å². The number of carbonyl (C=O) groups excluding carboxylic acids is 1. The van der Waals surface area contributed by atoms with Crippen molar-refractivity contribution in [2.75, 3.05) is 0 Å². The molecule has 1 amide bonds. The van der Waals surface area contributed by atoms with Crippen molar-refractivity contribution in [2.45, 2.75) is 71.6 Å². The Balaban J connectivity index is 1.69. The van der Waals surface area contributed by atoms with Crippen molar-refractivity contribution < 1.29 is 32.3 Å². The van der Waals surface area contributed by atoms with E-state index in [-0.39, 0.29) is 35.5 Å². The number of hydrogen-bond donors (Lipinski definition) is 1. The number of amides is 1. The number of Topliss-reactive ketones (excluding diaryl/α,β-unsaturated/α-hetero) is 1. The van der Waals surface area contributed by atoms with E-state index in [0.717, 1.165) is 32.9 Å². The number of benzene rings is 4. The molecule has 280 valence electrons. The molecule has 0 spiro atoms.